The molecule has 0 saturated heterocycles. The van der Waals surface area contributed by atoms with E-state index >= 15 is 0 Å². The highest BCUT2D eigenvalue weighted by atomic mass is 16.3. The standard InChI is InChI=1S/C15H10N2O2/c1-4-10-11(5-1)15(13-7-3-9-19-13)17-16-14(10)12-6-2-8-18-12/h1-9,16H. The first-order chi connectivity index (χ1) is 9.43. The first-order valence-electron chi connectivity index (χ1n) is 5.98. The van der Waals surface area contributed by atoms with Crippen LogP contribution in [0.5, 0.6) is 0 Å². The SMILES string of the molecule is c1coc(-c2n[nH]c(-c3ccco3)c3cccc2-3)c1. The number of nitrogens with one attached hydrogen (secondary N) is 1. The highest BCUT2D eigenvalue weighted by Crippen LogP contribution is 2.38. The van der Waals surface area contributed by atoms with Gasteiger partial charge in [0.05, 0.1) is 12.5 Å². The van der Waals surface area contributed by atoms with E-state index in [0.29, 0.717) is 0 Å². The second kappa shape index (κ2) is 3.88. The molecule has 0 aromatic carbocycles. The number of furan rings is 2. The van der Waals surface area contributed by atoms with Crippen LogP contribution < -0.4 is 0 Å². The molecule has 19 heavy (non-hydrogen) atoms. The van der Waals surface area contributed by atoms with Crippen molar-refractivity contribution in [1.82, 2.24) is 10.2 Å². The van der Waals surface area contributed by atoms with Gasteiger partial charge in [0.25, 0.3) is 0 Å². The summed E-state index contributed by atoms with van der Waals surface area (Å²) in [7, 11) is 0. The van der Waals surface area contributed by atoms with Crippen molar-refractivity contribution in [3.8, 4) is 34.0 Å². The molecule has 0 radical (unpaired) electrons. The third kappa shape index (κ3) is 1.50. The largest absolute Gasteiger partial charge is 0.463 e. The van der Waals surface area contributed by atoms with Crippen molar-refractivity contribution in [2.75, 3.05) is 0 Å². The third-order valence-electron chi connectivity index (χ3n) is 3.14. The van der Waals surface area contributed by atoms with Crippen LogP contribution in [0.15, 0.2) is 63.8 Å². The van der Waals surface area contributed by atoms with Crippen molar-refractivity contribution in [1.29, 1.82) is 0 Å². The van der Waals surface area contributed by atoms with Gasteiger partial charge in [-0.25, -0.2) is 0 Å². The number of hydrogen-bond donors (Lipinski definition) is 1. The number of nitrogens with zero attached hydrogens (tertiary/aromatic N) is 1. The predicted molar refractivity (Wildman–Crippen MR) is 70.6 cm³/mol. The van der Waals surface area contributed by atoms with E-state index in [1.54, 1.807) is 12.5 Å². The minimum absolute atomic E-state index is 0.749. The highest BCUT2D eigenvalue weighted by Gasteiger charge is 2.19. The zero-order valence-corrected chi connectivity index (χ0v) is 9.96. The van der Waals surface area contributed by atoms with E-state index in [4.69, 9.17) is 8.83 Å². The number of rotatable bonds is 2. The molecule has 1 aliphatic heterocycles. The van der Waals surface area contributed by atoms with Gasteiger partial charge in [-0.15, -0.1) is 0 Å². The van der Waals surface area contributed by atoms with Gasteiger partial charge in [0, 0.05) is 11.1 Å². The topological polar surface area (TPSA) is 55.0 Å². The lowest BCUT2D eigenvalue weighted by atomic mass is 10.0. The van der Waals surface area contributed by atoms with Crippen LogP contribution >= 0.6 is 0 Å². The Balaban J connectivity index is 1.97. The molecule has 4 nitrogen and oxygen atoms in total. The molecule has 4 heteroatoms. The predicted octanol–water partition coefficient (Wildman–Crippen LogP) is 4.03. The molecular weight excluding hydrogens is 240 g/mol. The molecule has 2 aromatic heterocycles. The second-order valence-electron chi connectivity index (χ2n) is 4.25. The molecule has 0 fully saturated rings. The Morgan fingerprint density at radius 3 is 2.26 bits per heavy atom. The van der Waals surface area contributed by atoms with Gasteiger partial charge in [0.15, 0.2) is 11.5 Å². The minimum Gasteiger partial charge on any atom is -0.463 e. The second-order valence-corrected chi connectivity index (χ2v) is 4.25. The zero-order chi connectivity index (χ0) is 12.7. The number of H-pyrrole nitrogens is 1. The van der Waals surface area contributed by atoms with E-state index in [-0.39, 0.29) is 0 Å². The fraction of sp³-hybridized carbons (Fsp3) is 0. The molecule has 0 unspecified atom stereocenters. The summed E-state index contributed by atoms with van der Waals surface area (Å²) < 4.78 is 10.9. The van der Waals surface area contributed by atoms with Crippen molar-refractivity contribution in [2.45, 2.75) is 0 Å². The summed E-state index contributed by atoms with van der Waals surface area (Å²) in [6.07, 6.45) is 3.30. The maximum Gasteiger partial charge on any atom is 0.154 e. The van der Waals surface area contributed by atoms with Crippen molar-refractivity contribution in [3.63, 3.8) is 0 Å². The van der Waals surface area contributed by atoms with Gasteiger partial charge < -0.3 is 8.83 Å². The maximum absolute atomic E-state index is 5.43. The van der Waals surface area contributed by atoms with Crippen LogP contribution in [0.3, 0.4) is 0 Å². The van der Waals surface area contributed by atoms with E-state index < -0.39 is 0 Å². The molecule has 0 spiro atoms. The van der Waals surface area contributed by atoms with E-state index in [1.165, 1.54) is 0 Å². The third-order valence-corrected chi connectivity index (χ3v) is 3.14. The monoisotopic (exact) mass is 250 g/mol. The molecule has 0 bridgehead atoms. The summed E-state index contributed by atoms with van der Waals surface area (Å²) in [5, 5.41) is 7.45. The Morgan fingerprint density at radius 2 is 1.53 bits per heavy atom. The average Bonchev–Trinajstić information content (AvgIpc) is 3.19. The molecule has 0 amide bonds. The Bertz CT molecular complexity index is 701. The lowest BCUT2D eigenvalue weighted by molar-refractivity contribution is 0.575. The number of fused-ring (bicyclic) bond motifs is 1. The van der Waals surface area contributed by atoms with Gasteiger partial charge in [-0.05, 0) is 24.3 Å². The van der Waals surface area contributed by atoms with Gasteiger partial charge in [-0.3, -0.25) is 5.10 Å². The summed E-state index contributed by atoms with van der Waals surface area (Å²) in [6, 6.07) is 13.6. The molecule has 0 saturated carbocycles. The van der Waals surface area contributed by atoms with Gasteiger partial charge in [0.1, 0.15) is 11.4 Å². The molecule has 2 aromatic rings. The summed E-state index contributed by atoms with van der Waals surface area (Å²) in [5.41, 5.74) is 3.79. The Hall–Kier alpha value is -2.75. The molecule has 92 valence electrons. The van der Waals surface area contributed by atoms with Crippen LogP contribution in [0.1, 0.15) is 0 Å². The van der Waals surface area contributed by atoms with Crippen LogP contribution in [0.2, 0.25) is 0 Å². The molecular formula is C15H10N2O2. The van der Waals surface area contributed by atoms with Crippen LogP contribution in [-0.4, -0.2) is 10.2 Å². The first kappa shape index (κ1) is 10.2. The molecule has 2 aliphatic rings. The van der Waals surface area contributed by atoms with Crippen molar-refractivity contribution in [3.05, 3.63) is 55.0 Å². The lowest BCUT2D eigenvalue weighted by Gasteiger charge is -2.09. The Labute approximate surface area is 109 Å². The summed E-state index contributed by atoms with van der Waals surface area (Å²) in [5.74, 6) is 1.52. The minimum atomic E-state index is 0.749. The van der Waals surface area contributed by atoms with Crippen molar-refractivity contribution < 1.29 is 8.83 Å². The summed E-state index contributed by atoms with van der Waals surface area (Å²) in [6.45, 7) is 0. The fourth-order valence-electron chi connectivity index (χ4n) is 2.29. The highest BCUT2D eigenvalue weighted by molar-refractivity contribution is 5.87. The quantitative estimate of drug-likeness (QED) is 0.584. The van der Waals surface area contributed by atoms with E-state index in [1.807, 2.05) is 42.5 Å². The molecule has 1 N–H and O–H groups in total. The fourth-order valence-corrected chi connectivity index (χ4v) is 2.29. The van der Waals surface area contributed by atoms with E-state index in [9.17, 15) is 0 Å². The Kier molecular flexibility index (Phi) is 2.08. The molecule has 3 heterocycles. The first-order valence-corrected chi connectivity index (χ1v) is 5.98. The van der Waals surface area contributed by atoms with Crippen LogP contribution in [-0.2, 0) is 0 Å². The van der Waals surface area contributed by atoms with Gasteiger partial charge in [-0.2, -0.15) is 5.10 Å². The van der Waals surface area contributed by atoms with Gasteiger partial charge in [-0.1, -0.05) is 18.2 Å². The number of aromatic nitrogens is 2. The number of aromatic amines is 1. The number of hydrogen-bond acceptors (Lipinski definition) is 3. The van der Waals surface area contributed by atoms with Crippen LogP contribution in [0.25, 0.3) is 34.0 Å². The molecule has 4 rings (SSSR count). The normalized spacial score (nSPS) is 11.2. The average molecular weight is 250 g/mol. The van der Waals surface area contributed by atoms with E-state index in [0.717, 1.165) is 34.0 Å². The van der Waals surface area contributed by atoms with Crippen molar-refractivity contribution >= 4 is 0 Å². The summed E-state index contributed by atoms with van der Waals surface area (Å²) >= 11 is 0. The van der Waals surface area contributed by atoms with E-state index in [2.05, 4.69) is 10.2 Å². The maximum atomic E-state index is 5.43. The zero-order valence-electron chi connectivity index (χ0n) is 9.96. The lowest BCUT2D eigenvalue weighted by Crippen LogP contribution is -1.95. The van der Waals surface area contributed by atoms with Crippen LogP contribution in [0.4, 0.5) is 0 Å². The Morgan fingerprint density at radius 1 is 0.789 bits per heavy atom. The van der Waals surface area contributed by atoms with Gasteiger partial charge >= 0.3 is 0 Å². The smallest absolute Gasteiger partial charge is 0.154 e. The molecule has 0 atom stereocenters. The van der Waals surface area contributed by atoms with Crippen LogP contribution in [0, 0.1) is 0 Å². The summed E-state index contributed by atoms with van der Waals surface area (Å²) in [4.78, 5) is 0. The molecule has 1 aliphatic carbocycles. The van der Waals surface area contributed by atoms with Crippen molar-refractivity contribution in [2.24, 2.45) is 0 Å². The van der Waals surface area contributed by atoms with Gasteiger partial charge in [0.2, 0.25) is 0 Å².